The fraction of sp³-hybridized carbons (Fsp3) is 0.400. The van der Waals surface area contributed by atoms with Gasteiger partial charge in [-0.15, -0.1) is 0 Å². The number of hydrogen-bond acceptors (Lipinski definition) is 6. The molecule has 0 saturated carbocycles. The van der Waals surface area contributed by atoms with Gasteiger partial charge in [0.15, 0.2) is 9.84 Å². The fourth-order valence-electron chi connectivity index (χ4n) is 3.20. The third-order valence-corrected chi connectivity index (χ3v) is 5.78. The molecule has 1 unspecified atom stereocenters. The Morgan fingerprint density at radius 3 is 2.61 bits per heavy atom. The Labute approximate surface area is 163 Å². The highest BCUT2D eigenvalue weighted by atomic mass is 32.2. The van der Waals surface area contributed by atoms with Crippen LogP contribution in [0.1, 0.15) is 24.2 Å². The van der Waals surface area contributed by atoms with Crippen LogP contribution in [0.2, 0.25) is 0 Å². The molecule has 150 valence electrons. The van der Waals surface area contributed by atoms with Crippen molar-refractivity contribution in [3.63, 3.8) is 0 Å². The molecule has 0 radical (unpaired) electrons. The molecule has 7 nitrogen and oxygen atoms in total. The molecule has 0 bridgehead atoms. The zero-order chi connectivity index (χ0) is 20.3. The number of rotatable bonds is 6. The van der Waals surface area contributed by atoms with E-state index in [1.54, 1.807) is 42.2 Å². The number of likely N-dealkylation sites (tertiary alicyclic amines) is 1. The average Bonchev–Trinajstić information content (AvgIpc) is 3.07. The van der Waals surface area contributed by atoms with Crippen LogP contribution >= 0.6 is 0 Å². The average molecular weight is 405 g/mol. The summed E-state index contributed by atoms with van der Waals surface area (Å²) < 4.78 is 33.7. The monoisotopic (exact) mass is 405 g/mol. The predicted molar refractivity (Wildman–Crippen MR) is 103 cm³/mol. The molecule has 2 aromatic rings. The van der Waals surface area contributed by atoms with Crippen molar-refractivity contribution < 1.29 is 22.4 Å². The normalized spacial score (nSPS) is 16.9. The highest BCUT2D eigenvalue weighted by molar-refractivity contribution is 7.90. The molecule has 1 aliphatic rings. The van der Waals surface area contributed by atoms with Crippen molar-refractivity contribution >= 4 is 15.7 Å². The molecular weight excluding hydrogens is 382 g/mol. The van der Waals surface area contributed by atoms with Crippen LogP contribution in [0.4, 0.5) is 0 Å². The highest BCUT2D eigenvalue weighted by Gasteiger charge is 2.27. The third-order valence-electron chi connectivity index (χ3n) is 4.65. The Hall–Kier alpha value is -2.61. The summed E-state index contributed by atoms with van der Waals surface area (Å²) in [6, 6.07) is 9.57. The smallest absolute Gasteiger partial charge is 0.339 e. The molecule has 1 aromatic carbocycles. The molecule has 1 fully saturated rings. The van der Waals surface area contributed by atoms with E-state index in [1.165, 1.54) is 12.3 Å². The molecule has 8 heteroatoms. The molecule has 1 atom stereocenters. The quantitative estimate of drug-likeness (QED) is 0.729. The van der Waals surface area contributed by atoms with Crippen LogP contribution < -0.4 is 10.4 Å². The van der Waals surface area contributed by atoms with E-state index >= 15 is 0 Å². The number of nitrogens with zero attached hydrogens (tertiary/aromatic N) is 1. The molecule has 1 saturated heterocycles. The van der Waals surface area contributed by atoms with E-state index in [-0.39, 0.29) is 16.9 Å². The summed E-state index contributed by atoms with van der Waals surface area (Å²) in [5, 5.41) is 0. The molecule has 0 N–H and O–H groups in total. The summed E-state index contributed by atoms with van der Waals surface area (Å²) in [5.41, 5.74) is 0.460. The van der Waals surface area contributed by atoms with E-state index in [2.05, 4.69) is 0 Å². The summed E-state index contributed by atoms with van der Waals surface area (Å²) in [6.45, 7) is 2.77. The largest absolute Gasteiger partial charge is 0.488 e. The minimum Gasteiger partial charge on any atom is -0.488 e. The molecule has 0 aliphatic carbocycles. The molecule has 2 heterocycles. The second-order valence-corrected chi connectivity index (χ2v) is 9.02. The molecule has 3 rings (SSSR count). The van der Waals surface area contributed by atoms with Gasteiger partial charge in [-0.05, 0) is 31.0 Å². The van der Waals surface area contributed by atoms with Crippen LogP contribution in [0.25, 0.3) is 0 Å². The van der Waals surface area contributed by atoms with E-state index in [9.17, 15) is 18.0 Å². The van der Waals surface area contributed by atoms with Gasteiger partial charge in [-0.1, -0.05) is 12.1 Å². The first-order chi connectivity index (χ1) is 13.2. The van der Waals surface area contributed by atoms with Crippen molar-refractivity contribution in [1.82, 2.24) is 4.90 Å². The van der Waals surface area contributed by atoms with Gasteiger partial charge in [0, 0.05) is 31.7 Å². The number of amides is 1. The number of ether oxygens (including phenoxy) is 1. The molecule has 28 heavy (non-hydrogen) atoms. The molecule has 1 aromatic heterocycles. The van der Waals surface area contributed by atoms with Crippen LogP contribution in [0.3, 0.4) is 0 Å². The van der Waals surface area contributed by atoms with Gasteiger partial charge in [-0.25, -0.2) is 13.2 Å². The van der Waals surface area contributed by atoms with Crippen LogP contribution in [-0.4, -0.2) is 44.7 Å². The Bertz CT molecular complexity index is 1010. The van der Waals surface area contributed by atoms with Crippen LogP contribution in [0, 0.1) is 6.92 Å². The molecule has 1 amide bonds. The van der Waals surface area contributed by atoms with Gasteiger partial charge in [0.1, 0.15) is 17.6 Å². The van der Waals surface area contributed by atoms with Gasteiger partial charge in [0.2, 0.25) is 5.91 Å². The van der Waals surface area contributed by atoms with Crippen molar-refractivity contribution in [1.29, 1.82) is 0 Å². The number of sulfone groups is 1. The highest BCUT2D eigenvalue weighted by Crippen LogP contribution is 2.19. The molecular formula is C20H23NO6S. The van der Waals surface area contributed by atoms with E-state index in [0.29, 0.717) is 43.9 Å². The molecule has 1 aliphatic heterocycles. The van der Waals surface area contributed by atoms with Crippen molar-refractivity contribution in [3.8, 4) is 5.75 Å². The van der Waals surface area contributed by atoms with Gasteiger partial charge in [-0.3, -0.25) is 4.79 Å². The zero-order valence-electron chi connectivity index (χ0n) is 15.9. The molecule has 0 spiro atoms. The number of carbonyl (C=O) groups is 1. The zero-order valence-corrected chi connectivity index (χ0v) is 16.7. The first-order valence-corrected chi connectivity index (χ1v) is 10.9. The summed E-state index contributed by atoms with van der Waals surface area (Å²) in [4.78, 5) is 25.9. The predicted octanol–water partition coefficient (Wildman–Crippen LogP) is 1.96. The maximum Gasteiger partial charge on any atom is 0.339 e. The number of benzene rings is 1. The topological polar surface area (TPSA) is 93.9 Å². The van der Waals surface area contributed by atoms with Crippen LogP contribution in [0.15, 0.2) is 50.5 Å². The van der Waals surface area contributed by atoms with E-state index < -0.39 is 15.5 Å². The lowest BCUT2D eigenvalue weighted by molar-refractivity contribution is -0.130. The summed E-state index contributed by atoms with van der Waals surface area (Å²) >= 11 is 0. The van der Waals surface area contributed by atoms with Gasteiger partial charge < -0.3 is 14.1 Å². The number of hydrogen-bond donors (Lipinski definition) is 0. The third kappa shape index (κ3) is 5.22. The van der Waals surface area contributed by atoms with Crippen molar-refractivity contribution in [3.05, 3.63) is 58.1 Å². The van der Waals surface area contributed by atoms with Crippen molar-refractivity contribution in [2.45, 2.75) is 37.2 Å². The fourth-order valence-corrected chi connectivity index (χ4v) is 3.83. The van der Waals surface area contributed by atoms with Crippen molar-refractivity contribution in [2.75, 3.05) is 19.3 Å². The lowest BCUT2D eigenvalue weighted by Gasteiger charge is -2.17. The Kier molecular flexibility index (Phi) is 5.88. The van der Waals surface area contributed by atoms with Gasteiger partial charge >= 0.3 is 5.63 Å². The Morgan fingerprint density at radius 2 is 1.96 bits per heavy atom. The maximum absolute atomic E-state index is 12.5. The Balaban J connectivity index is 1.51. The van der Waals surface area contributed by atoms with Crippen LogP contribution in [-0.2, 0) is 21.1 Å². The van der Waals surface area contributed by atoms with Crippen LogP contribution in [0.5, 0.6) is 5.75 Å². The second kappa shape index (κ2) is 8.18. The minimum atomic E-state index is -3.22. The lowest BCUT2D eigenvalue weighted by Crippen LogP contribution is -2.31. The second-order valence-electron chi connectivity index (χ2n) is 7.01. The maximum atomic E-state index is 12.5. The summed E-state index contributed by atoms with van der Waals surface area (Å²) in [6.07, 6.45) is 2.61. The lowest BCUT2D eigenvalue weighted by atomic mass is 10.1. The SMILES string of the molecule is Cc1cc(OC2CCN(C(=O)CCc3ccc(S(C)(=O)=O)cc3)C2)cc(=O)o1. The number of carbonyl (C=O) groups excluding carboxylic acids is 1. The Morgan fingerprint density at radius 1 is 1.25 bits per heavy atom. The summed E-state index contributed by atoms with van der Waals surface area (Å²) in [7, 11) is -3.22. The van der Waals surface area contributed by atoms with E-state index in [0.717, 1.165) is 5.56 Å². The van der Waals surface area contributed by atoms with E-state index in [4.69, 9.17) is 9.15 Å². The van der Waals surface area contributed by atoms with E-state index in [1.807, 2.05) is 0 Å². The standard InChI is InChI=1S/C20H23NO6S/c1-14-11-17(12-20(23)26-14)27-16-9-10-21(13-16)19(22)8-5-15-3-6-18(7-4-15)28(2,24)25/h3-4,6-7,11-12,16H,5,8-10,13H2,1-2H3. The number of aryl methyl sites for hydroxylation is 2. The first kappa shape index (κ1) is 20.1. The summed E-state index contributed by atoms with van der Waals surface area (Å²) in [5.74, 6) is 0.969. The van der Waals surface area contributed by atoms with Gasteiger partial charge in [0.05, 0.1) is 17.5 Å². The van der Waals surface area contributed by atoms with Gasteiger partial charge in [0.25, 0.3) is 0 Å². The van der Waals surface area contributed by atoms with Crippen molar-refractivity contribution in [2.24, 2.45) is 0 Å². The minimum absolute atomic E-state index is 0.0297. The van der Waals surface area contributed by atoms with Gasteiger partial charge in [-0.2, -0.15) is 0 Å². The first-order valence-electron chi connectivity index (χ1n) is 9.06.